The molecule has 3 heterocycles. The zero-order valence-electron chi connectivity index (χ0n) is 15.6. The smallest absolute Gasteiger partial charge is 0.293 e. The molecular formula is C19H25Cl2N5O. The van der Waals surface area contributed by atoms with Crippen LogP contribution in [0.15, 0.2) is 24.3 Å². The first-order valence-electron chi connectivity index (χ1n) is 9.31. The number of aryl methyl sites for hydroxylation is 1. The number of carbonyl (C=O) groups is 1. The van der Waals surface area contributed by atoms with Crippen molar-refractivity contribution < 1.29 is 4.79 Å². The molecule has 0 radical (unpaired) electrons. The molecule has 1 aromatic carbocycles. The Balaban J connectivity index is 0.00000210. The number of hydrogen-bond acceptors (Lipinski definition) is 4. The van der Waals surface area contributed by atoms with Gasteiger partial charge in [-0.25, -0.2) is 9.67 Å². The minimum absolute atomic E-state index is 0. The molecule has 0 saturated carbocycles. The zero-order chi connectivity index (χ0) is 18.3. The number of carbonyl (C=O) groups excluding carboxylic acids is 1. The highest BCUT2D eigenvalue weighted by Gasteiger charge is 2.37. The average Bonchev–Trinajstić information content (AvgIpc) is 3.23. The maximum atomic E-state index is 13.0. The highest BCUT2D eigenvalue weighted by molar-refractivity contribution is 6.32. The molecule has 2 bridgehead atoms. The first-order chi connectivity index (χ1) is 12.6. The highest BCUT2D eigenvalue weighted by Crippen LogP contribution is 2.30. The summed E-state index contributed by atoms with van der Waals surface area (Å²) in [6, 6.07) is 8.80. The van der Waals surface area contributed by atoms with Crippen LogP contribution in [-0.2, 0) is 6.42 Å². The lowest BCUT2D eigenvalue weighted by Gasteiger charge is -2.35. The number of amides is 1. The van der Waals surface area contributed by atoms with Gasteiger partial charge in [0.05, 0.1) is 10.7 Å². The van der Waals surface area contributed by atoms with Gasteiger partial charge in [-0.1, -0.05) is 30.7 Å². The Labute approximate surface area is 170 Å². The van der Waals surface area contributed by atoms with Crippen molar-refractivity contribution in [2.24, 2.45) is 0 Å². The van der Waals surface area contributed by atoms with E-state index in [1.165, 1.54) is 12.8 Å². The van der Waals surface area contributed by atoms with Crippen LogP contribution in [-0.4, -0.2) is 50.7 Å². The zero-order valence-corrected chi connectivity index (χ0v) is 17.1. The monoisotopic (exact) mass is 409 g/mol. The number of fused-ring (bicyclic) bond motifs is 2. The van der Waals surface area contributed by atoms with Gasteiger partial charge in [0.15, 0.2) is 0 Å². The number of halogens is 2. The fourth-order valence-corrected chi connectivity index (χ4v) is 4.36. The molecule has 1 N–H and O–H groups in total. The summed E-state index contributed by atoms with van der Waals surface area (Å²) in [4.78, 5) is 19.3. The minimum Gasteiger partial charge on any atom is -0.336 e. The Morgan fingerprint density at radius 1 is 1.30 bits per heavy atom. The van der Waals surface area contributed by atoms with Gasteiger partial charge in [-0.15, -0.1) is 17.5 Å². The van der Waals surface area contributed by atoms with Gasteiger partial charge in [-0.3, -0.25) is 4.79 Å². The van der Waals surface area contributed by atoms with E-state index in [4.69, 9.17) is 11.6 Å². The van der Waals surface area contributed by atoms with E-state index in [-0.39, 0.29) is 30.2 Å². The predicted octanol–water partition coefficient (Wildman–Crippen LogP) is 3.26. The number of para-hydroxylation sites is 1. The molecule has 4 rings (SSSR count). The second kappa shape index (κ2) is 8.17. The van der Waals surface area contributed by atoms with Crippen LogP contribution in [0.3, 0.4) is 0 Å². The third-order valence-electron chi connectivity index (χ3n) is 5.58. The van der Waals surface area contributed by atoms with Crippen molar-refractivity contribution in [2.45, 2.75) is 57.2 Å². The summed E-state index contributed by atoms with van der Waals surface area (Å²) in [5.74, 6) is 0.868. The largest absolute Gasteiger partial charge is 0.336 e. The first kappa shape index (κ1) is 20.1. The van der Waals surface area contributed by atoms with Crippen LogP contribution in [0.4, 0.5) is 0 Å². The number of aromatic nitrogens is 3. The first-order valence-corrected chi connectivity index (χ1v) is 9.68. The number of piperidine rings is 1. The highest BCUT2D eigenvalue weighted by atomic mass is 35.5. The Kier molecular flexibility index (Phi) is 6.08. The molecule has 1 amide bonds. The lowest BCUT2D eigenvalue weighted by molar-refractivity contribution is 0.0669. The third-order valence-corrected chi connectivity index (χ3v) is 5.90. The fourth-order valence-electron chi connectivity index (χ4n) is 4.15. The minimum atomic E-state index is -0.114. The Morgan fingerprint density at radius 2 is 1.96 bits per heavy atom. The van der Waals surface area contributed by atoms with Gasteiger partial charge in [-0.05, 0) is 37.8 Å². The number of benzene rings is 1. The number of nitrogens with zero attached hydrogens (tertiary/aromatic N) is 4. The summed E-state index contributed by atoms with van der Waals surface area (Å²) in [5.41, 5.74) is 0.750. The Hall–Kier alpha value is -1.63. The molecular weight excluding hydrogens is 385 g/mol. The second-order valence-electron chi connectivity index (χ2n) is 7.25. The van der Waals surface area contributed by atoms with Gasteiger partial charge in [0.1, 0.15) is 5.82 Å². The van der Waals surface area contributed by atoms with Crippen LogP contribution in [0.25, 0.3) is 5.69 Å². The lowest BCUT2D eigenvalue weighted by Crippen LogP contribution is -2.48. The van der Waals surface area contributed by atoms with Gasteiger partial charge >= 0.3 is 0 Å². The summed E-state index contributed by atoms with van der Waals surface area (Å²) < 4.78 is 1.69. The Bertz CT molecular complexity index is 812. The molecule has 27 heavy (non-hydrogen) atoms. The van der Waals surface area contributed by atoms with Crippen LogP contribution in [0, 0.1) is 0 Å². The van der Waals surface area contributed by atoms with Crippen molar-refractivity contribution in [1.82, 2.24) is 25.0 Å². The van der Waals surface area contributed by atoms with E-state index < -0.39 is 0 Å². The number of nitrogens with one attached hydrogen (secondary N) is 1. The van der Waals surface area contributed by atoms with E-state index in [0.29, 0.717) is 23.5 Å². The van der Waals surface area contributed by atoms with Gasteiger partial charge in [0, 0.05) is 31.6 Å². The second-order valence-corrected chi connectivity index (χ2v) is 7.65. The van der Waals surface area contributed by atoms with E-state index in [1.54, 1.807) is 4.68 Å². The van der Waals surface area contributed by atoms with E-state index in [2.05, 4.69) is 15.4 Å². The molecule has 2 saturated heterocycles. The van der Waals surface area contributed by atoms with Crippen LogP contribution in [0.1, 0.15) is 49.1 Å². The fraction of sp³-hybridized carbons (Fsp3) is 0.526. The summed E-state index contributed by atoms with van der Waals surface area (Å²) in [6.07, 6.45) is 5.10. The van der Waals surface area contributed by atoms with E-state index >= 15 is 0 Å². The van der Waals surface area contributed by atoms with Crippen molar-refractivity contribution in [3.05, 3.63) is 40.9 Å². The van der Waals surface area contributed by atoms with Crippen LogP contribution >= 0.6 is 24.0 Å². The molecule has 2 unspecified atom stereocenters. The number of rotatable bonds is 4. The predicted molar refractivity (Wildman–Crippen MR) is 108 cm³/mol. The maximum Gasteiger partial charge on any atom is 0.293 e. The van der Waals surface area contributed by atoms with Crippen molar-refractivity contribution in [1.29, 1.82) is 0 Å². The Morgan fingerprint density at radius 3 is 2.59 bits per heavy atom. The standard InChI is InChI=1S/C19H24ClN5O.ClH/c1-3-17-22-18(23-25(17)16-7-5-4-6-15(16)20)19(26)24(2)14-10-12-8-9-13(11-14)21-12;/h4-7,12-14,21H,3,8-11H2,1-2H3;1H. The molecule has 0 spiro atoms. The number of hydrogen-bond donors (Lipinski definition) is 1. The SMILES string of the molecule is CCc1nc(C(=O)N(C)C2CC3CCC(C2)N3)nn1-c1ccccc1Cl.Cl. The molecule has 6 nitrogen and oxygen atoms in total. The quantitative estimate of drug-likeness (QED) is 0.841. The molecule has 1 aromatic heterocycles. The molecule has 146 valence electrons. The maximum absolute atomic E-state index is 13.0. The summed E-state index contributed by atoms with van der Waals surface area (Å²) in [5, 5.41) is 8.70. The summed E-state index contributed by atoms with van der Waals surface area (Å²) in [7, 11) is 1.87. The van der Waals surface area contributed by atoms with Gasteiger partial charge in [0.2, 0.25) is 5.82 Å². The van der Waals surface area contributed by atoms with Crippen molar-refractivity contribution in [3.63, 3.8) is 0 Å². The molecule has 0 aliphatic carbocycles. The summed E-state index contributed by atoms with van der Waals surface area (Å²) in [6.45, 7) is 2.00. The van der Waals surface area contributed by atoms with Gasteiger partial charge in [0.25, 0.3) is 5.91 Å². The molecule has 2 aliphatic rings. The van der Waals surface area contributed by atoms with Crippen molar-refractivity contribution >= 4 is 29.9 Å². The van der Waals surface area contributed by atoms with Gasteiger partial charge < -0.3 is 10.2 Å². The third kappa shape index (κ3) is 3.84. The van der Waals surface area contributed by atoms with Crippen molar-refractivity contribution in [3.8, 4) is 5.69 Å². The van der Waals surface area contributed by atoms with E-state index in [9.17, 15) is 4.79 Å². The molecule has 8 heteroatoms. The normalized spacial score (nSPS) is 23.7. The van der Waals surface area contributed by atoms with Crippen LogP contribution in [0.2, 0.25) is 5.02 Å². The molecule has 2 atom stereocenters. The van der Waals surface area contributed by atoms with Crippen LogP contribution in [0.5, 0.6) is 0 Å². The van der Waals surface area contributed by atoms with Crippen molar-refractivity contribution in [2.75, 3.05) is 7.05 Å². The molecule has 2 aromatic rings. The summed E-state index contributed by atoms with van der Waals surface area (Å²) >= 11 is 6.31. The van der Waals surface area contributed by atoms with Gasteiger partial charge in [-0.2, -0.15) is 0 Å². The van der Waals surface area contributed by atoms with Crippen LogP contribution < -0.4 is 5.32 Å². The molecule has 2 fully saturated rings. The van der Waals surface area contributed by atoms with E-state index in [1.807, 2.05) is 43.1 Å². The van der Waals surface area contributed by atoms with E-state index in [0.717, 1.165) is 24.4 Å². The average molecular weight is 410 g/mol. The topological polar surface area (TPSA) is 63.1 Å². The lowest BCUT2D eigenvalue weighted by atomic mass is 9.98. The molecule has 2 aliphatic heterocycles.